The molecular formula is C15H22N2O3S3. The number of hydrogen-bond donors (Lipinski definition) is 1. The Hall–Kier alpha value is -0.730. The van der Waals surface area contributed by atoms with Crippen LogP contribution in [-0.2, 0) is 9.53 Å². The van der Waals surface area contributed by atoms with Crippen LogP contribution in [0.3, 0.4) is 0 Å². The molecule has 128 valence electrons. The molecule has 0 saturated carbocycles. The minimum atomic E-state index is -0.380. The van der Waals surface area contributed by atoms with Gasteiger partial charge in [-0.1, -0.05) is 39.3 Å². The molecule has 0 spiro atoms. The molecule has 1 fully saturated rings. The zero-order chi connectivity index (χ0) is 16.7. The van der Waals surface area contributed by atoms with Crippen molar-refractivity contribution in [2.45, 2.75) is 51.2 Å². The van der Waals surface area contributed by atoms with Gasteiger partial charge in [0.1, 0.15) is 4.88 Å². The van der Waals surface area contributed by atoms with Gasteiger partial charge in [-0.05, 0) is 33.1 Å². The monoisotopic (exact) mass is 374 g/mol. The van der Waals surface area contributed by atoms with Crippen molar-refractivity contribution in [3.63, 3.8) is 0 Å². The van der Waals surface area contributed by atoms with Gasteiger partial charge in [0.2, 0.25) is 5.91 Å². The van der Waals surface area contributed by atoms with E-state index in [4.69, 9.17) is 4.74 Å². The first-order valence-electron chi connectivity index (χ1n) is 7.82. The number of nitrogens with one attached hydrogen (secondary N) is 1. The molecule has 1 saturated heterocycles. The summed E-state index contributed by atoms with van der Waals surface area (Å²) in [5, 5.41) is 4.01. The number of amides is 1. The highest BCUT2D eigenvalue weighted by Crippen LogP contribution is 2.39. The summed E-state index contributed by atoms with van der Waals surface area (Å²) >= 11 is 1.17. The highest BCUT2D eigenvalue weighted by atomic mass is 33.1. The zero-order valence-corrected chi connectivity index (χ0v) is 15.9. The van der Waals surface area contributed by atoms with Crippen LogP contribution >= 0.6 is 32.9 Å². The number of carbonyl (C=O) groups is 2. The molecule has 0 aliphatic carbocycles. The smallest absolute Gasteiger partial charge is 0.350 e. The van der Waals surface area contributed by atoms with Crippen LogP contribution in [-0.4, -0.2) is 34.5 Å². The lowest BCUT2D eigenvalue weighted by Gasteiger charge is -2.06. The van der Waals surface area contributed by atoms with Crippen molar-refractivity contribution in [2.75, 3.05) is 17.7 Å². The number of ether oxygens (including phenoxy) is 1. The van der Waals surface area contributed by atoms with Gasteiger partial charge >= 0.3 is 5.97 Å². The Bertz CT molecular complexity index is 542. The fourth-order valence-corrected chi connectivity index (χ4v) is 6.14. The van der Waals surface area contributed by atoms with Crippen LogP contribution in [0.15, 0.2) is 0 Å². The molecule has 8 heteroatoms. The largest absolute Gasteiger partial charge is 0.462 e. The van der Waals surface area contributed by atoms with Gasteiger partial charge in [0, 0.05) is 17.4 Å². The highest BCUT2D eigenvalue weighted by Gasteiger charge is 2.18. The second-order valence-electron chi connectivity index (χ2n) is 5.28. The third-order valence-corrected chi connectivity index (χ3v) is 7.47. The second-order valence-corrected chi connectivity index (χ2v) is 9.06. The number of anilines is 1. The van der Waals surface area contributed by atoms with Gasteiger partial charge in [0.05, 0.1) is 12.3 Å². The van der Waals surface area contributed by atoms with Crippen molar-refractivity contribution in [3.8, 4) is 0 Å². The number of thiazole rings is 1. The maximum absolute atomic E-state index is 12.0. The van der Waals surface area contributed by atoms with E-state index < -0.39 is 0 Å². The van der Waals surface area contributed by atoms with Gasteiger partial charge in [-0.15, -0.1) is 0 Å². The van der Waals surface area contributed by atoms with Gasteiger partial charge in [0.15, 0.2) is 5.13 Å². The van der Waals surface area contributed by atoms with Crippen molar-refractivity contribution in [2.24, 2.45) is 0 Å². The summed E-state index contributed by atoms with van der Waals surface area (Å²) in [5.74, 6) is 0.833. The lowest BCUT2D eigenvalue weighted by atomic mass is 10.1. The van der Waals surface area contributed by atoms with E-state index in [1.165, 1.54) is 29.9 Å². The number of carbonyl (C=O) groups excluding carboxylic acids is 2. The van der Waals surface area contributed by atoms with Crippen LogP contribution < -0.4 is 5.32 Å². The van der Waals surface area contributed by atoms with Crippen molar-refractivity contribution < 1.29 is 14.3 Å². The maximum Gasteiger partial charge on any atom is 0.350 e. The van der Waals surface area contributed by atoms with Crippen LogP contribution in [0.25, 0.3) is 0 Å². The maximum atomic E-state index is 12.0. The number of aryl methyl sites for hydroxylation is 1. The van der Waals surface area contributed by atoms with Crippen LogP contribution in [0.5, 0.6) is 0 Å². The third-order valence-electron chi connectivity index (χ3n) is 3.41. The van der Waals surface area contributed by atoms with Crippen molar-refractivity contribution in [1.29, 1.82) is 0 Å². The van der Waals surface area contributed by atoms with Gasteiger partial charge in [-0.2, -0.15) is 0 Å². The number of aromatic nitrogens is 1. The molecule has 1 N–H and O–H groups in total. The minimum Gasteiger partial charge on any atom is -0.462 e. The Morgan fingerprint density at radius 1 is 1.39 bits per heavy atom. The molecule has 0 unspecified atom stereocenters. The molecular weight excluding hydrogens is 352 g/mol. The van der Waals surface area contributed by atoms with Crippen molar-refractivity contribution in [1.82, 2.24) is 4.98 Å². The Morgan fingerprint density at radius 3 is 2.91 bits per heavy atom. The minimum absolute atomic E-state index is 0.0393. The Balaban J connectivity index is 1.72. The van der Waals surface area contributed by atoms with Crippen LogP contribution in [0.2, 0.25) is 0 Å². The van der Waals surface area contributed by atoms with E-state index in [9.17, 15) is 9.59 Å². The average Bonchev–Trinajstić information content (AvgIpc) is 3.13. The van der Waals surface area contributed by atoms with E-state index in [2.05, 4.69) is 10.3 Å². The topological polar surface area (TPSA) is 68.3 Å². The van der Waals surface area contributed by atoms with E-state index >= 15 is 0 Å². The van der Waals surface area contributed by atoms with Crippen LogP contribution in [0.1, 0.15) is 54.4 Å². The number of hydrogen-bond acceptors (Lipinski definition) is 7. The lowest BCUT2D eigenvalue weighted by molar-refractivity contribution is -0.116. The number of rotatable bonds is 8. The summed E-state index contributed by atoms with van der Waals surface area (Å²) in [4.78, 5) is 28.4. The summed E-state index contributed by atoms with van der Waals surface area (Å²) in [7, 11) is 3.93. The summed E-state index contributed by atoms with van der Waals surface area (Å²) < 4.78 is 4.97. The van der Waals surface area contributed by atoms with E-state index in [0.29, 0.717) is 28.7 Å². The first kappa shape index (κ1) is 18.6. The van der Waals surface area contributed by atoms with Crippen LogP contribution in [0, 0.1) is 6.92 Å². The standard InChI is InChI=1S/C15H22N2O3S3/c1-3-20-14(19)13-10(2)16-15(22-13)17-12(18)7-5-4-6-11-8-9-21-23-11/h11H,3-9H2,1-2H3,(H,16,17,18)/t11-/m0/s1. The van der Waals surface area contributed by atoms with Gasteiger partial charge in [-0.25, -0.2) is 9.78 Å². The lowest BCUT2D eigenvalue weighted by Crippen LogP contribution is -2.11. The van der Waals surface area contributed by atoms with Crippen LogP contribution in [0.4, 0.5) is 5.13 Å². The number of nitrogens with zero attached hydrogens (tertiary/aromatic N) is 1. The fourth-order valence-electron chi connectivity index (χ4n) is 2.24. The Morgan fingerprint density at radius 2 is 2.22 bits per heavy atom. The molecule has 1 aliphatic heterocycles. The summed E-state index contributed by atoms with van der Waals surface area (Å²) in [6.45, 7) is 3.84. The highest BCUT2D eigenvalue weighted by molar-refractivity contribution is 8.77. The predicted molar refractivity (Wildman–Crippen MR) is 98.4 cm³/mol. The first-order chi connectivity index (χ1) is 11.1. The van der Waals surface area contributed by atoms with Gasteiger partial charge in [-0.3, -0.25) is 4.79 Å². The normalized spacial score (nSPS) is 17.2. The number of esters is 1. The fraction of sp³-hybridized carbons (Fsp3) is 0.667. The van der Waals surface area contributed by atoms with Crippen molar-refractivity contribution >= 4 is 49.9 Å². The molecule has 0 radical (unpaired) electrons. The summed E-state index contributed by atoms with van der Waals surface area (Å²) in [6.07, 6.45) is 4.95. The second kappa shape index (κ2) is 9.54. The quantitative estimate of drug-likeness (QED) is 0.416. The number of unbranched alkanes of at least 4 members (excludes halogenated alkanes) is 1. The molecule has 2 heterocycles. The molecule has 0 aromatic carbocycles. The molecule has 1 aromatic heterocycles. The molecule has 2 rings (SSSR count). The first-order valence-corrected chi connectivity index (χ1v) is 11.0. The Labute approximate surface area is 148 Å². The predicted octanol–water partition coefficient (Wildman–Crippen LogP) is 4.28. The van der Waals surface area contributed by atoms with Gasteiger partial charge < -0.3 is 10.1 Å². The van der Waals surface area contributed by atoms with E-state index in [1.807, 2.05) is 21.6 Å². The molecule has 23 heavy (non-hydrogen) atoms. The molecule has 1 atom stereocenters. The molecule has 0 bridgehead atoms. The van der Waals surface area contributed by atoms with E-state index in [0.717, 1.165) is 18.1 Å². The molecule has 1 aromatic rings. The molecule has 1 amide bonds. The Kier molecular flexibility index (Phi) is 7.72. The molecule has 1 aliphatic rings. The SMILES string of the molecule is CCOC(=O)c1sc(NC(=O)CCCC[C@H]2CCSS2)nc1C. The van der Waals surface area contributed by atoms with Crippen molar-refractivity contribution in [3.05, 3.63) is 10.6 Å². The van der Waals surface area contributed by atoms with E-state index in [-0.39, 0.29) is 11.9 Å². The third kappa shape index (κ3) is 6.00. The zero-order valence-electron chi connectivity index (χ0n) is 13.4. The summed E-state index contributed by atoms with van der Waals surface area (Å²) in [5.41, 5.74) is 0.597. The average molecular weight is 375 g/mol. The molecule has 5 nitrogen and oxygen atoms in total. The summed E-state index contributed by atoms with van der Waals surface area (Å²) in [6, 6.07) is 0. The van der Waals surface area contributed by atoms with E-state index in [1.54, 1.807) is 13.8 Å². The van der Waals surface area contributed by atoms with Gasteiger partial charge in [0.25, 0.3) is 0 Å².